The first-order valence-electron chi connectivity index (χ1n) is 4.12. The fraction of sp³-hybridized carbons (Fsp3) is 0.250. The summed E-state index contributed by atoms with van der Waals surface area (Å²) in [6.45, 7) is 1.42. The van der Waals surface area contributed by atoms with E-state index in [1.54, 1.807) is 0 Å². The molecule has 1 aromatic carbocycles. The van der Waals surface area contributed by atoms with Gasteiger partial charge >= 0.3 is 0 Å². The second-order valence-corrected chi connectivity index (χ2v) is 4.44. The van der Waals surface area contributed by atoms with Gasteiger partial charge in [-0.3, -0.25) is 4.55 Å². The average Bonchev–Trinajstić information content (AvgIpc) is 2.05. The van der Waals surface area contributed by atoms with Crippen LogP contribution < -0.4 is 11.1 Å². The van der Waals surface area contributed by atoms with Crippen molar-refractivity contribution < 1.29 is 18.1 Å². The molecule has 0 saturated heterocycles. The van der Waals surface area contributed by atoms with Gasteiger partial charge in [-0.05, 0) is 25.1 Å². The highest BCUT2D eigenvalue weighted by molar-refractivity contribution is 7.86. The maximum absolute atomic E-state index is 11.0. The molecule has 5 N–H and O–H groups in total. The minimum Gasteiger partial charge on any atom is -0.399 e. The van der Waals surface area contributed by atoms with E-state index < -0.39 is 16.3 Å². The van der Waals surface area contributed by atoms with E-state index in [4.69, 9.17) is 15.4 Å². The van der Waals surface area contributed by atoms with Crippen molar-refractivity contribution in [3.63, 3.8) is 0 Å². The Balaban J connectivity index is 3.27. The van der Waals surface area contributed by atoms with Gasteiger partial charge in [0, 0.05) is 5.69 Å². The highest BCUT2D eigenvalue weighted by atomic mass is 32.2. The van der Waals surface area contributed by atoms with Crippen molar-refractivity contribution in [3.05, 3.63) is 18.2 Å². The zero-order chi connectivity index (χ0) is 11.6. The summed E-state index contributed by atoms with van der Waals surface area (Å²) in [5.41, 5.74) is 5.70. The molecule has 1 aromatic rings. The molecule has 0 aliphatic carbocycles. The summed E-state index contributed by atoms with van der Waals surface area (Å²) in [5, 5.41) is 11.5. The van der Waals surface area contributed by atoms with Crippen molar-refractivity contribution in [2.24, 2.45) is 0 Å². The van der Waals surface area contributed by atoms with Crippen LogP contribution in [0.4, 0.5) is 11.4 Å². The van der Waals surface area contributed by atoms with Gasteiger partial charge in [0.1, 0.15) is 11.1 Å². The summed E-state index contributed by atoms with van der Waals surface area (Å²) >= 11 is 0. The van der Waals surface area contributed by atoms with E-state index in [9.17, 15) is 8.42 Å². The molecule has 0 spiro atoms. The van der Waals surface area contributed by atoms with Crippen LogP contribution in [0.3, 0.4) is 0 Å². The molecule has 0 bridgehead atoms. The van der Waals surface area contributed by atoms with Crippen LogP contribution in [0.5, 0.6) is 0 Å². The van der Waals surface area contributed by atoms with Crippen molar-refractivity contribution >= 4 is 21.5 Å². The normalized spacial score (nSPS) is 13.5. The Kier molecular flexibility index (Phi) is 3.18. The van der Waals surface area contributed by atoms with Crippen molar-refractivity contribution in [2.75, 3.05) is 11.1 Å². The molecule has 1 rings (SSSR count). The quantitative estimate of drug-likeness (QED) is 0.338. The topological polar surface area (TPSA) is 113 Å². The lowest BCUT2D eigenvalue weighted by atomic mass is 10.3. The number of rotatable bonds is 3. The largest absolute Gasteiger partial charge is 0.399 e. The Morgan fingerprint density at radius 3 is 2.53 bits per heavy atom. The van der Waals surface area contributed by atoms with Gasteiger partial charge in [0.15, 0.2) is 0 Å². The van der Waals surface area contributed by atoms with Crippen LogP contribution in [0.2, 0.25) is 0 Å². The van der Waals surface area contributed by atoms with Gasteiger partial charge in [0.2, 0.25) is 0 Å². The number of nitrogens with one attached hydrogen (secondary N) is 1. The molecule has 0 aliphatic heterocycles. The summed E-state index contributed by atoms with van der Waals surface area (Å²) in [6, 6.07) is 3.94. The molecule has 0 saturated carbocycles. The minimum absolute atomic E-state index is 0.0988. The molecule has 0 heterocycles. The van der Waals surface area contributed by atoms with Crippen LogP contribution in [-0.4, -0.2) is 24.3 Å². The van der Waals surface area contributed by atoms with E-state index in [1.807, 2.05) is 0 Å². The standard InChI is InChI=1S/C8H12N2O4S/c1-5(11)10-7-3-2-6(9)4-8(7)15(12,13)14/h2-5,10-11H,9H2,1H3,(H,12,13,14)/t5-/m0/s1. The Labute approximate surface area is 87.5 Å². The van der Waals surface area contributed by atoms with E-state index in [0.717, 1.165) is 6.07 Å². The Morgan fingerprint density at radius 1 is 1.47 bits per heavy atom. The molecule has 1 atom stereocenters. The van der Waals surface area contributed by atoms with Crippen LogP contribution in [0, 0.1) is 0 Å². The SMILES string of the molecule is C[C@H](O)Nc1ccc(N)cc1S(=O)(=O)O. The van der Waals surface area contributed by atoms with Gasteiger partial charge in [0.25, 0.3) is 10.1 Å². The highest BCUT2D eigenvalue weighted by Gasteiger charge is 2.16. The second-order valence-electron chi connectivity index (χ2n) is 3.05. The molecule has 15 heavy (non-hydrogen) atoms. The fourth-order valence-corrected chi connectivity index (χ4v) is 1.79. The second kappa shape index (κ2) is 4.05. The molecule has 0 fully saturated rings. The number of aliphatic hydroxyl groups excluding tert-OH is 1. The van der Waals surface area contributed by atoms with Crippen molar-refractivity contribution in [2.45, 2.75) is 18.0 Å². The van der Waals surface area contributed by atoms with Gasteiger partial charge in [-0.25, -0.2) is 0 Å². The summed E-state index contributed by atoms with van der Waals surface area (Å²) in [5.74, 6) is 0. The summed E-state index contributed by atoms with van der Waals surface area (Å²) in [6.07, 6.45) is -0.936. The van der Waals surface area contributed by atoms with Crippen molar-refractivity contribution in [3.8, 4) is 0 Å². The van der Waals surface area contributed by atoms with Crippen molar-refractivity contribution in [1.29, 1.82) is 0 Å². The van der Waals surface area contributed by atoms with Crippen LogP contribution in [0.15, 0.2) is 23.1 Å². The van der Waals surface area contributed by atoms with E-state index in [1.165, 1.54) is 19.1 Å². The first-order chi connectivity index (χ1) is 6.80. The van der Waals surface area contributed by atoms with Crippen molar-refractivity contribution in [1.82, 2.24) is 0 Å². The third-order valence-electron chi connectivity index (χ3n) is 1.65. The number of nitrogens with two attached hydrogens (primary N) is 1. The summed E-state index contributed by atoms with van der Waals surface area (Å²) < 4.78 is 30.8. The molecule has 7 heteroatoms. The molecule has 0 aliphatic rings. The zero-order valence-corrected chi connectivity index (χ0v) is 8.82. The lowest BCUT2D eigenvalue weighted by molar-refractivity contribution is 0.224. The van der Waals surface area contributed by atoms with Gasteiger partial charge < -0.3 is 16.2 Å². The molecule has 84 valence electrons. The first-order valence-corrected chi connectivity index (χ1v) is 5.56. The van der Waals surface area contributed by atoms with Gasteiger partial charge in [-0.15, -0.1) is 0 Å². The minimum atomic E-state index is -4.36. The molecule has 6 nitrogen and oxygen atoms in total. The lowest BCUT2D eigenvalue weighted by Crippen LogP contribution is -2.16. The zero-order valence-electron chi connectivity index (χ0n) is 8.01. The predicted molar refractivity (Wildman–Crippen MR) is 56.0 cm³/mol. The lowest BCUT2D eigenvalue weighted by Gasteiger charge is -2.12. The smallest absolute Gasteiger partial charge is 0.296 e. The van der Waals surface area contributed by atoms with Gasteiger partial charge in [-0.2, -0.15) is 8.42 Å². The molecule has 0 amide bonds. The number of aliphatic hydroxyl groups is 1. The number of benzene rings is 1. The Bertz CT molecular complexity index is 456. The third-order valence-corrected chi connectivity index (χ3v) is 2.54. The maximum Gasteiger partial charge on any atom is 0.296 e. The monoisotopic (exact) mass is 232 g/mol. The molecule has 0 radical (unpaired) electrons. The molecule has 0 unspecified atom stereocenters. The van der Waals surface area contributed by atoms with Crippen LogP contribution >= 0.6 is 0 Å². The Morgan fingerprint density at radius 2 is 2.07 bits per heavy atom. The number of hydrogen-bond donors (Lipinski definition) is 4. The van der Waals surface area contributed by atoms with Gasteiger partial charge in [-0.1, -0.05) is 0 Å². The van der Waals surface area contributed by atoms with Crippen LogP contribution in [0.1, 0.15) is 6.92 Å². The number of hydrogen-bond acceptors (Lipinski definition) is 5. The predicted octanol–water partition coefficient (Wildman–Crippen LogP) is 0.266. The van der Waals surface area contributed by atoms with Crippen LogP contribution in [-0.2, 0) is 10.1 Å². The van der Waals surface area contributed by atoms with E-state index in [0.29, 0.717) is 0 Å². The van der Waals surface area contributed by atoms with E-state index >= 15 is 0 Å². The van der Waals surface area contributed by atoms with Crippen LogP contribution in [0.25, 0.3) is 0 Å². The van der Waals surface area contributed by atoms with E-state index in [2.05, 4.69) is 5.32 Å². The average molecular weight is 232 g/mol. The third kappa shape index (κ3) is 3.08. The molecular formula is C8H12N2O4S. The number of anilines is 2. The summed E-state index contributed by atoms with van der Waals surface area (Å²) in [7, 11) is -4.36. The molecule has 0 aromatic heterocycles. The molecular weight excluding hydrogens is 220 g/mol. The number of nitrogen functional groups attached to an aromatic ring is 1. The first kappa shape index (κ1) is 11.8. The van der Waals surface area contributed by atoms with Gasteiger partial charge in [0.05, 0.1) is 5.69 Å². The van der Waals surface area contributed by atoms with E-state index in [-0.39, 0.29) is 16.3 Å². The summed E-state index contributed by atoms with van der Waals surface area (Å²) in [4.78, 5) is -0.358. The highest BCUT2D eigenvalue weighted by Crippen LogP contribution is 2.23. The Hall–Kier alpha value is -1.31. The maximum atomic E-state index is 11.0. The fourth-order valence-electron chi connectivity index (χ4n) is 1.10.